The Balaban J connectivity index is 1.34. The largest absolute Gasteiger partial charge is 0.355 e. The van der Waals surface area contributed by atoms with Crippen molar-refractivity contribution in [1.82, 2.24) is 15.3 Å². The second-order valence-electron chi connectivity index (χ2n) is 5.63. The standard InChI is InChI=1S/C17H21N3OS2/c21-16(12-22-11-13-5-8-18-9-6-13)19-10-7-17-20-14-3-1-2-4-15(14)23-17/h5-6,8-9H,1-4,7,10-12H2,(H,19,21). The summed E-state index contributed by atoms with van der Waals surface area (Å²) in [5.41, 5.74) is 2.50. The van der Waals surface area contributed by atoms with Gasteiger partial charge in [-0.3, -0.25) is 9.78 Å². The summed E-state index contributed by atoms with van der Waals surface area (Å²) in [6, 6.07) is 3.96. The van der Waals surface area contributed by atoms with E-state index in [0.717, 1.165) is 18.6 Å². The summed E-state index contributed by atoms with van der Waals surface area (Å²) in [6.07, 6.45) is 9.28. The van der Waals surface area contributed by atoms with E-state index in [1.54, 1.807) is 24.2 Å². The zero-order chi connectivity index (χ0) is 15.9. The van der Waals surface area contributed by atoms with Gasteiger partial charge in [-0.25, -0.2) is 4.98 Å². The fraction of sp³-hybridized carbons (Fsp3) is 0.471. The molecule has 1 N–H and O–H groups in total. The number of aromatic nitrogens is 2. The number of carbonyl (C=O) groups excluding carboxylic acids is 1. The van der Waals surface area contributed by atoms with Gasteiger partial charge < -0.3 is 5.32 Å². The maximum Gasteiger partial charge on any atom is 0.230 e. The number of aryl methyl sites for hydroxylation is 2. The van der Waals surface area contributed by atoms with Gasteiger partial charge in [-0.1, -0.05) is 0 Å². The van der Waals surface area contributed by atoms with Gasteiger partial charge in [-0.05, 0) is 43.4 Å². The van der Waals surface area contributed by atoms with Gasteiger partial charge in [0, 0.05) is 36.0 Å². The van der Waals surface area contributed by atoms with Crippen molar-refractivity contribution >= 4 is 29.0 Å². The number of rotatable bonds is 7. The molecule has 0 atom stereocenters. The lowest BCUT2D eigenvalue weighted by Gasteiger charge is -2.06. The van der Waals surface area contributed by atoms with Gasteiger partial charge in [0.15, 0.2) is 0 Å². The van der Waals surface area contributed by atoms with Gasteiger partial charge in [0.2, 0.25) is 5.91 Å². The summed E-state index contributed by atoms with van der Waals surface area (Å²) in [5, 5.41) is 4.16. The molecule has 0 bridgehead atoms. The highest BCUT2D eigenvalue weighted by Gasteiger charge is 2.14. The SMILES string of the molecule is O=C(CSCc1ccncc1)NCCc1nc2c(s1)CCCC2. The zero-order valence-corrected chi connectivity index (χ0v) is 14.7. The molecule has 0 aromatic carbocycles. The molecule has 1 aliphatic carbocycles. The molecule has 1 amide bonds. The molecule has 0 unspecified atom stereocenters. The summed E-state index contributed by atoms with van der Waals surface area (Å²) < 4.78 is 0. The van der Waals surface area contributed by atoms with E-state index in [9.17, 15) is 4.79 Å². The lowest BCUT2D eigenvalue weighted by Crippen LogP contribution is -2.27. The molecular formula is C17H21N3OS2. The van der Waals surface area contributed by atoms with Crippen LogP contribution in [0.5, 0.6) is 0 Å². The molecule has 0 spiro atoms. The maximum absolute atomic E-state index is 11.9. The van der Waals surface area contributed by atoms with Crippen LogP contribution in [0, 0.1) is 0 Å². The van der Waals surface area contributed by atoms with Crippen molar-refractivity contribution < 1.29 is 4.79 Å². The fourth-order valence-corrected chi connectivity index (χ4v) is 4.59. The Bertz CT molecular complexity index is 619. The van der Waals surface area contributed by atoms with Crippen molar-refractivity contribution in [3.05, 3.63) is 45.7 Å². The Morgan fingerprint density at radius 3 is 2.91 bits per heavy atom. The van der Waals surface area contributed by atoms with Crippen LogP contribution in [-0.4, -0.2) is 28.2 Å². The summed E-state index contributed by atoms with van der Waals surface area (Å²) in [5.74, 6) is 1.44. The molecule has 0 radical (unpaired) electrons. The van der Waals surface area contributed by atoms with Gasteiger partial charge in [0.05, 0.1) is 16.5 Å². The highest BCUT2D eigenvalue weighted by molar-refractivity contribution is 7.99. The quantitative estimate of drug-likeness (QED) is 0.836. The predicted octanol–water partition coefficient (Wildman–Crippen LogP) is 3.01. The minimum Gasteiger partial charge on any atom is -0.355 e. The minimum absolute atomic E-state index is 0.102. The smallest absolute Gasteiger partial charge is 0.230 e. The Morgan fingerprint density at radius 2 is 2.09 bits per heavy atom. The van der Waals surface area contributed by atoms with Crippen LogP contribution < -0.4 is 5.32 Å². The third-order valence-electron chi connectivity index (χ3n) is 3.80. The molecule has 2 aromatic heterocycles. The molecule has 2 heterocycles. The Labute approximate surface area is 145 Å². The number of hydrogen-bond donors (Lipinski definition) is 1. The third-order valence-corrected chi connectivity index (χ3v) is 6.02. The van der Waals surface area contributed by atoms with Crippen LogP contribution in [-0.2, 0) is 29.8 Å². The Kier molecular flexibility index (Phi) is 6.05. The molecule has 23 heavy (non-hydrogen) atoms. The van der Waals surface area contributed by atoms with E-state index >= 15 is 0 Å². The topological polar surface area (TPSA) is 54.9 Å². The average Bonchev–Trinajstić information content (AvgIpc) is 2.98. The maximum atomic E-state index is 11.9. The van der Waals surface area contributed by atoms with E-state index in [2.05, 4.69) is 10.3 Å². The van der Waals surface area contributed by atoms with Gasteiger partial charge in [-0.2, -0.15) is 0 Å². The molecule has 0 fully saturated rings. The normalized spacial score (nSPS) is 13.6. The monoisotopic (exact) mass is 347 g/mol. The van der Waals surface area contributed by atoms with Crippen LogP contribution in [0.25, 0.3) is 0 Å². The molecule has 0 saturated heterocycles. The number of thioether (sulfide) groups is 1. The van der Waals surface area contributed by atoms with E-state index < -0.39 is 0 Å². The average molecular weight is 348 g/mol. The first-order chi connectivity index (χ1) is 11.3. The highest BCUT2D eigenvalue weighted by atomic mass is 32.2. The first-order valence-corrected chi connectivity index (χ1v) is 9.99. The molecular weight excluding hydrogens is 326 g/mol. The van der Waals surface area contributed by atoms with Crippen LogP contribution in [0.1, 0.15) is 34.0 Å². The van der Waals surface area contributed by atoms with E-state index in [-0.39, 0.29) is 5.91 Å². The zero-order valence-electron chi connectivity index (χ0n) is 13.1. The molecule has 6 heteroatoms. The van der Waals surface area contributed by atoms with Crippen LogP contribution >= 0.6 is 23.1 Å². The Hall–Kier alpha value is -1.40. The highest BCUT2D eigenvalue weighted by Crippen LogP contribution is 2.26. The summed E-state index contributed by atoms with van der Waals surface area (Å²) in [4.78, 5) is 22.0. The molecule has 4 nitrogen and oxygen atoms in total. The molecule has 2 aromatic rings. The first-order valence-electron chi connectivity index (χ1n) is 8.02. The fourth-order valence-electron chi connectivity index (χ4n) is 2.61. The number of thiazole rings is 1. The summed E-state index contributed by atoms with van der Waals surface area (Å²) in [7, 11) is 0. The van der Waals surface area contributed by atoms with E-state index in [0.29, 0.717) is 12.3 Å². The van der Waals surface area contributed by atoms with Crippen molar-refractivity contribution in [1.29, 1.82) is 0 Å². The van der Waals surface area contributed by atoms with Gasteiger partial charge in [0.25, 0.3) is 0 Å². The van der Waals surface area contributed by atoms with Crippen molar-refractivity contribution in [2.24, 2.45) is 0 Å². The number of hydrogen-bond acceptors (Lipinski definition) is 5. The van der Waals surface area contributed by atoms with Crippen molar-refractivity contribution in [3.63, 3.8) is 0 Å². The summed E-state index contributed by atoms with van der Waals surface area (Å²) in [6.45, 7) is 0.682. The molecule has 122 valence electrons. The Morgan fingerprint density at radius 1 is 1.26 bits per heavy atom. The van der Waals surface area contributed by atoms with Crippen LogP contribution in [0.3, 0.4) is 0 Å². The number of fused-ring (bicyclic) bond motifs is 1. The third kappa shape index (κ3) is 5.04. The number of amides is 1. The number of nitrogens with one attached hydrogen (secondary N) is 1. The second kappa shape index (κ2) is 8.45. The number of carbonyl (C=O) groups is 1. The lowest BCUT2D eigenvalue weighted by atomic mass is 10.0. The van der Waals surface area contributed by atoms with Gasteiger partial charge >= 0.3 is 0 Å². The van der Waals surface area contributed by atoms with Crippen molar-refractivity contribution in [3.8, 4) is 0 Å². The van der Waals surface area contributed by atoms with Crippen molar-refractivity contribution in [2.45, 2.75) is 37.9 Å². The molecule has 1 aliphatic rings. The molecule has 0 saturated carbocycles. The first kappa shape index (κ1) is 16.5. The predicted molar refractivity (Wildman–Crippen MR) is 95.9 cm³/mol. The van der Waals surface area contributed by atoms with E-state index in [1.807, 2.05) is 23.5 Å². The van der Waals surface area contributed by atoms with Gasteiger partial charge in [-0.15, -0.1) is 23.1 Å². The van der Waals surface area contributed by atoms with Crippen LogP contribution in [0.2, 0.25) is 0 Å². The number of nitrogens with zero attached hydrogens (tertiary/aromatic N) is 2. The van der Waals surface area contributed by atoms with Crippen LogP contribution in [0.15, 0.2) is 24.5 Å². The van der Waals surface area contributed by atoms with Gasteiger partial charge in [0.1, 0.15) is 0 Å². The van der Waals surface area contributed by atoms with Crippen molar-refractivity contribution in [2.75, 3.05) is 12.3 Å². The molecule has 0 aliphatic heterocycles. The van der Waals surface area contributed by atoms with E-state index in [4.69, 9.17) is 4.98 Å². The van der Waals surface area contributed by atoms with Crippen LogP contribution in [0.4, 0.5) is 0 Å². The number of pyridine rings is 1. The second-order valence-corrected chi connectivity index (χ2v) is 7.79. The summed E-state index contributed by atoms with van der Waals surface area (Å²) >= 11 is 3.46. The molecule has 3 rings (SSSR count). The minimum atomic E-state index is 0.102. The van der Waals surface area contributed by atoms with E-state index in [1.165, 1.54) is 40.4 Å². The lowest BCUT2D eigenvalue weighted by molar-refractivity contribution is -0.118.